The Morgan fingerprint density at radius 3 is 2.44 bits per heavy atom. The summed E-state index contributed by atoms with van der Waals surface area (Å²) >= 11 is 5.88. The predicted octanol–water partition coefficient (Wildman–Crippen LogP) is 3.16. The number of benzene rings is 1. The highest BCUT2D eigenvalue weighted by Gasteiger charge is 2.24. The van der Waals surface area contributed by atoms with Crippen molar-refractivity contribution in [1.82, 2.24) is 5.32 Å². The molecule has 1 aromatic carbocycles. The van der Waals surface area contributed by atoms with Crippen molar-refractivity contribution in [2.24, 2.45) is 0 Å². The Balaban J connectivity index is 2.73. The van der Waals surface area contributed by atoms with Crippen LogP contribution in [-0.2, 0) is 6.42 Å². The molecular weight excluding hydrogens is 253 g/mol. The monoisotopic (exact) mass is 273 g/mol. The zero-order chi connectivity index (χ0) is 14.0. The lowest BCUT2D eigenvalue weighted by atomic mass is 9.95. The van der Waals surface area contributed by atoms with E-state index < -0.39 is 11.4 Å². The SMILES string of the molecule is CC(O)(CNC(C)(C)C)Cc1cccc(F)c1Cl. The van der Waals surface area contributed by atoms with Gasteiger partial charge in [-0.15, -0.1) is 0 Å². The van der Waals surface area contributed by atoms with Gasteiger partial charge in [0.15, 0.2) is 0 Å². The summed E-state index contributed by atoms with van der Waals surface area (Å²) in [6, 6.07) is 4.65. The molecule has 0 saturated carbocycles. The third-order valence-electron chi connectivity index (χ3n) is 2.60. The van der Waals surface area contributed by atoms with E-state index in [1.54, 1.807) is 19.1 Å². The molecule has 1 rings (SSSR count). The molecule has 0 amide bonds. The van der Waals surface area contributed by atoms with Crippen LogP contribution < -0.4 is 5.32 Å². The van der Waals surface area contributed by atoms with Gasteiger partial charge in [0, 0.05) is 18.5 Å². The molecule has 0 bridgehead atoms. The Labute approximate surface area is 113 Å². The van der Waals surface area contributed by atoms with Crippen molar-refractivity contribution in [3.8, 4) is 0 Å². The van der Waals surface area contributed by atoms with Crippen LogP contribution in [0, 0.1) is 5.82 Å². The van der Waals surface area contributed by atoms with Crippen LogP contribution >= 0.6 is 11.6 Å². The van der Waals surface area contributed by atoms with Crippen molar-refractivity contribution in [1.29, 1.82) is 0 Å². The summed E-state index contributed by atoms with van der Waals surface area (Å²) in [6.07, 6.45) is 0.312. The number of β-amino-alcohol motifs (C(OH)–C–C–N with tert-alkyl or cyclic N) is 1. The molecule has 0 spiro atoms. The summed E-state index contributed by atoms with van der Waals surface area (Å²) in [4.78, 5) is 0. The van der Waals surface area contributed by atoms with Gasteiger partial charge in [0.25, 0.3) is 0 Å². The molecule has 0 fully saturated rings. The lowest BCUT2D eigenvalue weighted by molar-refractivity contribution is 0.0534. The van der Waals surface area contributed by atoms with Gasteiger partial charge >= 0.3 is 0 Å². The van der Waals surface area contributed by atoms with Crippen LogP contribution in [0.2, 0.25) is 5.02 Å². The van der Waals surface area contributed by atoms with E-state index in [0.717, 1.165) is 0 Å². The van der Waals surface area contributed by atoms with Gasteiger partial charge in [0.05, 0.1) is 10.6 Å². The van der Waals surface area contributed by atoms with Gasteiger partial charge in [-0.25, -0.2) is 4.39 Å². The van der Waals surface area contributed by atoms with E-state index >= 15 is 0 Å². The largest absolute Gasteiger partial charge is 0.389 e. The molecule has 0 heterocycles. The van der Waals surface area contributed by atoms with E-state index in [0.29, 0.717) is 18.5 Å². The number of halogens is 2. The maximum atomic E-state index is 13.3. The number of nitrogens with one attached hydrogen (secondary N) is 1. The maximum Gasteiger partial charge on any atom is 0.142 e. The minimum Gasteiger partial charge on any atom is -0.389 e. The van der Waals surface area contributed by atoms with Crippen molar-refractivity contribution < 1.29 is 9.50 Å². The lowest BCUT2D eigenvalue weighted by Gasteiger charge is -2.29. The van der Waals surface area contributed by atoms with E-state index in [2.05, 4.69) is 5.32 Å². The predicted molar refractivity (Wildman–Crippen MR) is 73.5 cm³/mol. The highest BCUT2D eigenvalue weighted by atomic mass is 35.5. The van der Waals surface area contributed by atoms with Gasteiger partial charge in [-0.05, 0) is 39.3 Å². The Hall–Kier alpha value is -0.640. The van der Waals surface area contributed by atoms with Crippen LogP contribution in [0.3, 0.4) is 0 Å². The zero-order valence-electron chi connectivity index (χ0n) is 11.3. The van der Waals surface area contributed by atoms with Crippen LogP contribution in [0.5, 0.6) is 0 Å². The van der Waals surface area contributed by atoms with E-state index in [4.69, 9.17) is 11.6 Å². The summed E-state index contributed by atoms with van der Waals surface area (Å²) in [5, 5.41) is 13.6. The standard InChI is InChI=1S/C14H21ClFNO/c1-13(2,3)17-9-14(4,18)8-10-6-5-7-11(16)12(10)15/h5-7,17-18H,8-9H2,1-4H3. The first-order valence-electron chi connectivity index (χ1n) is 6.01. The van der Waals surface area contributed by atoms with Gasteiger partial charge in [0.2, 0.25) is 0 Å². The summed E-state index contributed by atoms with van der Waals surface area (Å²) < 4.78 is 13.3. The van der Waals surface area contributed by atoms with Gasteiger partial charge in [-0.3, -0.25) is 0 Å². The number of hydrogen-bond acceptors (Lipinski definition) is 2. The Kier molecular flexibility index (Phi) is 4.76. The molecule has 2 nitrogen and oxygen atoms in total. The topological polar surface area (TPSA) is 32.3 Å². The molecule has 0 aromatic heterocycles. The first-order chi connectivity index (χ1) is 8.11. The van der Waals surface area contributed by atoms with Crippen LogP contribution in [0.25, 0.3) is 0 Å². The van der Waals surface area contributed by atoms with Crippen LogP contribution in [0.1, 0.15) is 33.3 Å². The molecule has 0 saturated heterocycles. The molecular formula is C14H21ClFNO. The summed E-state index contributed by atoms with van der Waals surface area (Å²) in [7, 11) is 0. The second kappa shape index (κ2) is 5.55. The average molecular weight is 274 g/mol. The highest BCUT2D eigenvalue weighted by Crippen LogP contribution is 2.24. The molecule has 0 aliphatic carbocycles. The molecule has 1 unspecified atom stereocenters. The third kappa shape index (κ3) is 4.92. The minimum absolute atomic E-state index is 0.0737. The Bertz CT molecular complexity index is 413. The summed E-state index contributed by atoms with van der Waals surface area (Å²) in [5.74, 6) is -0.450. The van der Waals surface area contributed by atoms with Gasteiger partial charge in [-0.2, -0.15) is 0 Å². The number of rotatable bonds is 4. The summed E-state index contributed by atoms with van der Waals surface area (Å²) in [6.45, 7) is 8.21. The Morgan fingerprint density at radius 2 is 1.89 bits per heavy atom. The van der Waals surface area contributed by atoms with Crippen LogP contribution in [-0.4, -0.2) is 22.8 Å². The second-order valence-corrected chi connectivity index (χ2v) is 6.37. The number of aliphatic hydroxyl groups is 1. The van der Waals surface area contributed by atoms with Crippen molar-refractivity contribution >= 4 is 11.6 Å². The molecule has 18 heavy (non-hydrogen) atoms. The molecule has 2 N–H and O–H groups in total. The first-order valence-corrected chi connectivity index (χ1v) is 6.39. The van der Waals surface area contributed by atoms with Crippen LogP contribution in [0.4, 0.5) is 4.39 Å². The van der Waals surface area contributed by atoms with E-state index in [-0.39, 0.29) is 10.6 Å². The van der Waals surface area contributed by atoms with Crippen molar-refractivity contribution in [3.63, 3.8) is 0 Å². The van der Waals surface area contributed by atoms with Gasteiger partial charge in [-0.1, -0.05) is 23.7 Å². The van der Waals surface area contributed by atoms with Gasteiger partial charge in [0.1, 0.15) is 5.82 Å². The van der Waals surface area contributed by atoms with Crippen molar-refractivity contribution in [2.45, 2.75) is 45.3 Å². The molecule has 0 radical (unpaired) electrons. The fourth-order valence-corrected chi connectivity index (χ4v) is 1.81. The van der Waals surface area contributed by atoms with E-state index in [9.17, 15) is 9.50 Å². The summed E-state index contributed by atoms with van der Waals surface area (Å²) in [5.41, 5.74) is -0.419. The lowest BCUT2D eigenvalue weighted by Crippen LogP contribution is -2.47. The smallest absolute Gasteiger partial charge is 0.142 e. The van der Waals surface area contributed by atoms with Crippen molar-refractivity contribution in [2.75, 3.05) is 6.54 Å². The van der Waals surface area contributed by atoms with Crippen molar-refractivity contribution in [3.05, 3.63) is 34.6 Å². The second-order valence-electron chi connectivity index (χ2n) is 5.99. The maximum absolute atomic E-state index is 13.3. The molecule has 1 atom stereocenters. The number of hydrogen-bond donors (Lipinski definition) is 2. The van der Waals surface area contributed by atoms with Crippen LogP contribution in [0.15, 0.2) is 18.2 Å². The molecule has 102 valence electrons. The van der Waals surface area contributed by atoms with E-state index in [1.165, 1.54) is 6.07 Å². The third-order valence-corrected chi connectivity index (χ3v) is 3.03. The quantitative estimate of drug-likeness (QED) is 0.883. The minimum atomic E-state index is -0.968. The average Bonchev–Trinajstić information content (AvgIpc) is 2.21. The zero-order valence-corrected chi connectivity index (χ0v) is 12.1. The first kappa shape index (κ1) is 15.4. The molecule has 4 heteroatoms. The molecule has 0 aliphatic rings. The fraction of sp³-hybridized carbons (Fsp3) is 0.571. The molecule has 1 aromatic rings. The van der Waals surface area contributed by atoms with Gasteiger partial charge < -0.3 is 10.4 Å². The fourth-order valence-electron chi connectivity index (χ4n) is 1.61. The molecule has 0 aliphatic heterocycles. The highest BCUT2D eigenvalue weighted by molar-refractivity contribution is 6.31. The van der Waals surface area contributed by atoms with E-state index in [1.807, 2.05) is 20.8 Å². The normalized spacial score (nSPS) is 15.5. The Morgan fingerprint density at radius 1 is 1.28 bits per heavy atom.